The number of carbonyl (C=O) groups is 2. The second kappa shape index (κ2) is 7.28. The minimum absolute atomic E-state index is 0.213. The van der Waals surface area contributed by atoms with Crippen LogP contribution in [0.25, 0.3) is 0 Å². The summed E-state index contributed by atoms with van der Waals surface area (Å²) in [6.07, 6.45) is -0.214. The third kappa shape index (κ3) is 3.94. The van der Waals surface area contributed by atoms with Crippen molar-refractivity contribution in [3.8, 4) is 0 Å². The maximum absolute atomic E-state index is 12.8. The first-order valence-corrected chi connectivity index (χ1v) is 9.23. The summed E-state index contributed by atoms with van der Waals surface area (Å²) < 4.78 is 0. The number of carboxylic acids is 1. The summed E-state index contributed by atoms with van der Waals surface area (Å²) >= 11 is 13.3. The van der Waals surface area contributed by atoms with Gasteiger partial charge in [0.2, 0.25) is 5.91 Å². The van der Waals surface area contributed by atoms with E-state index in [-0.39, 0.29) is 12.3 Å². The van der Waals surface area contributed by atoms with Crippen molar-refractivity contribution < 1.29 is 14.7 Å². The molecule has 0 bridgehead atoms. The summed E-state index contributed by atoms with van der Waals surface area (Å²) in [7, 11) is 0. The lowest BCUT2D eigenvalue weighted by molar-refractivity contribution is -0.138. The zero-order valence-corrected chi connectivity index (χ0v) is 15.7. The highest BCUT2D eigenvalue weighted by Gasteiger charge is 2.35. The van der Waals surface area contributed by atoms with E-state index in [0.717, 1.165) is 21.7 Å². The molecule has 25 heavy (non-hydrogen) atoms. The second-order valence-corrected chi connectivity index (χ2v) is 7.91. The largest absolute Gasteiger partial charge is 0.481 e. The van der Waals surface area contributed by atoms with Gasteiger partial charge in [0, 0.05) is 4.90 Å². The van der Waals surface area contributed by atoms with Gasteiger partial charge in [0.1, 0.15) is 0 Å². The van der Waals surface area contributed by atoms with Gasteiger partial charge in [0.25, 0.3) is 0 Å². The van der Waals surface area contributed by atoms with Gasteiger partial charge in [-0.25, -0.2) is 0 Å². The first-order valence-electron chi connectivity index (χ1n) is 7.59. The van der Waals surface area contributed by atoms with Crippen molar-refractivity contribution in [1.29, 1.82) is 0 Å². The molecule has 130 valence electrons. The minimum atomic E-state index is -0.989. The molecular formula is C18H15Cl2NO3S. The van der Waals surface area contributed by atoms with Gasteiger partial charge in [-0.05, 0) is 42.3 Å². The molecule has 0 aliphatic carbocycles. The highest BCUT2D eigenvalue weighted by molar-refractivity contribution is 8.01. The summed E-state index contributed by atoms with van der Waals surface area (Å²) in [5.74, 6) is -1.20. The Bertz CT molecular complexity index is 856. The number of rotatable bonds is 4. The van der Waals surface area contributed by atoms with Crippen LogP contribution in [0.2, 0.25) is 10.0 Å². The Balaban J connectivity index is 1.98. The number of hydrogen-bond acceptors (Lipinski definition) is 3. The second-order valence-electron chi connectivity index (χ2n) is 5.85. The molecule has 1 aliphatic heterocycles. The predicted molar refractivity (Wildman–Crippen MR) is 101 cm³/mol. The van der Waals surface area contributed by atoms with Crippen LogP contribution in [0.1, 0.15) is 17.5 Å². The Morgan fingerprint density at radius 2 is 1.96 bits per heavy atom. The monoisotopic (exact) mass is 395 g/mol. The molecule has 0 saturated heterocycles. The van der Waals surface area contributed by atoms with Gasteiger partial charge in [0.15, 0.2) is 0 Å². The number of amides is 1. The minimum Gasteiger partial charge on any atom is -0.481 e. The number of benzene rings is 2. The smallest absolute Gasteiger partial charge is 0.305 e. The Morgan fingerprint density at radius 3 is 2.64 bits per heavy atom. The molecule has 1 heterocycles. The summed E-state index contributed by atoms with van der Waals surface area (Å²) in [5, 5.41) is 9.34. The summed E-state index contributed by atoms with van der Waals surface area (Å²) in [6, 6.07) is 11.0. The quantitative estimate of drug-likeness (QED) is 0.808. The van der Waals surface area contributed by atoms with E-state index in [2.05, 4.69) is 0 Å². The molecular weight excluding hydrogens is 381 g/mol. The van der Waals surface area contributed by atoms with E-state index in [0.29, 0.717) is 16.6 Å². The molecule has 1 unspecified atom stereocenters. The molecule has 7 heteroatoms. The van der Waals surface area contributed by atoms with E-state index >= 15 is 0 Å². The van der Waals surface area contributed by atoms with Crippen molar-refractivity contribution in [3.05, 3.63) is 57.6 Å². The third-order valence-electron chi connectivity index (χ3n) is 3.90. The van der Waals surface area contributed by atoms with Crippen LogP contribution < -0.4 is 4.90 Å². The molecule has 1 aliphatic rings. The number of aryl methyl sites for hydroxylation is 1. The van der Waals surface area contributed by atoms with Gasteiger partial charge in [-0.3, -0.25) is 9.59 Å². The third-order valence-corrected chi connectivity index (χ3v) is 5.87. The zero-order chi connectivity index (χ0) is 18.1. The van der Waals surface area contributed by atoms with Gasteiger partial charge in [0.05, 0.1) is 33.9 Å². The Kier molecular flexibility index (Phi) is 5.27. The molecule has 1 N–H and O–H groups in total. The van der Waals surface area contributed by atoms with Crippen LogP contribution in [0.3, 0.4) is 0 Å². The topological polar surface area (TPSA) is 57.6 Å². The van der Waals surface area contributed by atoms with Crippen LogP contribution in [0.4, 0.5) is 5.69 Å². The average molecular weight is 396 g/mol. The normalized spacial score (nSPS) is 16.7. The van der Waals surface area contributed by atoms with Crippen LogP contribution in [-0.2, 0) is 16.1 Å². The number of aliphatic carboxylic acids is 1. The Morgan fingerprint density at radius 1 is 1.20 bits per heavy atom. The molecule has 4 nitrogen and oxygen atoms in total. The summed E-state index contributed by atoms with van der Waals surface area (Å²) in [4.78, 5) is 26.5. The van der Waals surface area contributed by atoms with Crippen molar-refractivity contribution in [2.75, 3.05) is 4.90 Å². The van der Waals surface area contributed by atoms with Gasteiger partial charge >= 0.3 is 5.97 Å². The van der Waals surface area contributed by atoms with E-state index in [4.69, 9.17) is 28.3 Å². The number of hydrogen-bond donors (Lipinski definition) is 1. The van der Waals surface area contributed by atoms with E-state index in [1.165, 1.54) is 11.8 Å². The van der Waals surface area contributed by atoms with Gasteiger partial charge < -0.3 is 10.0 Å². The molecule has 0 radical (unpaired) electrons. The lowest BCUT2D eigenvalue weighted by atomic mass is 10.1. The van der Waals surface area contributed by atoms with Crippen molar-refractivity contribution in [2.45, 2.75) is 30.0 Å². The fraction of sp³-hybridized carbons (Fsp3) is 0.222. The first kappa shape index (κ1) is 18.1. The van der Waals surface area contributed by atoms with Crippen molar-refractivity contribution in [2.24, 2.45) is 0 Å². The van der Waals surface area contributed by atoms with Crippen LogP contribution in [0.5, 0.6) is 0 Å². The number of nitrogens with zero attached hydrogens (tertiary/aromatic N) is 1. The maximum Gasteiger partial charge on any atom is 0.305 e. The summed E-state index contributed by atoms with van der Waals surface area (Å²) in [5.41, 5.74) is 2.67. The summed E-state index contributed by atoms with van der Waals surface area (Å²) in [6.45, 7) is 2.27. The van der Waals surface area contributed by atoms with E-state index in [1.54, 1.807) is 17.0 Å². The maximum atomic E-state index is 12.8. The number of halogens is 2. The van der Waals surface area contributed by atoms with E-state index in [9.17, 15) is 9.59 Å². The lowest BCUT2D eigenvalue weighted by Gasteiger charge is -2.33. The standard InChI is InChI=1S/C18H15Cl2NO3S/c1-10-2-5-14-15(6-10)25-16(8-17(22)23)18(24)21(14)9-11-3-4-12(19)13(20)7-11/h2-7,16H,8-9H2,1H3,(H,22,23). The molecule has 2 aromatic carbocycles. The molecule has 0 saturated carbocycles. The number of fused-ring (bicyclic) bond motifs is 1. The molecule has 0 spiro atoms. The Hall–Kier alpha value is -1.69. The number of anilines is 1. The van der Waals surface area contributed by atoms with Crippen LogP contribution in [0, 0.1) is 6.92 Å². The van der Waals surface area contributed by atoms with Crippen LogP contribution >= 0.6 is 35.0 Å². The van der Waals surface area contributed by atoms with Crippen molar-refractivity contribution in [3.63, 3.8) is 0 Å². The molecule has 1 amide bonds. The van der Waals surface area contributed by atoms with E-state index < -0.39 is 11.2 Å². The number of carbonyl (C=O) groups excluding carboxylic acids is 1. The van der Waals surface area contributed by atoms with Gasteiger partial charge in [-0.2, -0.15) is 0 Å². The highest BCUT2D eigenvalue weighted by Crippen LogP contribution is 2.41. The zero-order valence-electron chi connectivity index (χ0n) is 13.3. The lowest BCUT2D eigenvalue weighted by Crippen LogP contribution is -2.41. The van der Waals surface area contributed by atoms with Crippen molar-refractivity contribution in [1.82, 2.24) is 0 Å². The molecule has 3 rings (SSSR count). The van der Waals surface area contributed by atoms with Crippen LogP contribution in [-0.4, -0.2) is 22.2 Å². The first-order chi connectivity index (χ1) is 11.8. The number of thioether (sulfide) groups is 1. The molecule has 2 aromatic rings. The molecule has 0 aromatic heterocycles. The molecule has 0 fully saturated rings. The fourth-order valence-corrected chi connectivity index (χ4v) is 4.34. The highest BCUT2D eigenvalue weighted by atomic mass is 35.5. The SMILES string of the molecule is Cc1ccc2c(c1)SC(CC(=O)O)C(=O)N2Cc1ccc(Cl)c(Cl)c1. The fourth-order valence-electron chi connectivity index (χ4n) is 2.71. The average Bonchev–Trinajstić information content (AvgIpc) is 2.54. The van der Waals surface area contributed by atoms with Crippen LogP contribution in [0.15, 0.2) is 41.3 Å². The van der Waals surface area contributed by atoms with Gasteiger partial charge in [-0.1, -0.05) is 35.3 Å². The Labute approximate surface area is 159 Å². The van der Waals surface area contributed by atoms with Gasteiger partial charge in [-0.15, -0.1) is 11.8 Å². The van der Waals surface area contributed by atoms with Crippen molar-refractivity contribution >= 4 is 52.5 Å². The molecule has 1 atom stereocenters. The predicted octanol–water partition coefficient (Wildman–Crippen LogP) is 4.78. The van der Waals surface area contributed by atoms with E-state index in [1.807, 2.05) is 31.2 Å². The number of carboxylic acid groups (broad SMARTS) is 1.